The van der Waals surface area contributed by atoms with Crippen LogP contribution in [0, 0.1) is 18.3 Å². The van der Waals surface area contributed by atoms with Crippen LogP contribution in [0.4, 0.5) is 20.1 Å². The van der Waals surface area contributed by atoms with Crippen LogP contribution in [0.1, 0.15) is 38.7 Å². The first-order chi connectivity index (χ1) is 19.9. The van der Waals surface area contributed by atoms with Gasteiger partial charge in [-0.15, -0.1) is 6.42 Å². The highest BCUT2D eigenvalue weighted by molar-refractivity contribution is 5.98. The topological polar surface area (TPSA) is 239 Å². The predicted octanol–water partition coefficient (Wildman–Crippen LogP) is 0.148. The van der Waals surface area contributed by atoms with Crippen molar-refractivity contribution in [3.63, 3.8) is 0 Å². The van der Waals surface area contributed by atoms with Crippen LogP contribution in [0.25, 0.3) is 0 Å². The number of amides is 7. The molecule has 0 bridgehead atoms. The van der Waals surface area contributed by atoms with Gasteiger partial charge in [0.15, 0.2) is 6.61 Å². The molecule has 7 amide bonds. The third-order valence-corrected chi connectivity index (χ3v) is 5.25. The number of hydrogen-bond donors (Lipinski definition) is 8. The molecule has 16 heteroatoms. The maximum Gasteiger partial charge on any atom is 0.428 e. The van der Waals surface area contributed by atoms with Gasteiger partial charge in [0.1, 0.15) is 18.7 Å². The van der Waals surface area contributed by atoms with Crippen molar-refractivity contribution in [1.29, 1.82) is 0 Å². The number of urea groups is 1. The Hall–Kier alpha value is -5.04. The first kappa shape index (κ1) is 35.0. The van der Waals surface area contributed by atoms with E-state index in [9.17, 15) is 28.8 Å². The SMILES string of the molecule is C#CCNC(=O)OCc1ccc(NC(=O)[C@H](CCCNC(N)=O)NC(=O)[C@H](CC(C)C)NC(=O)CONC(=O)O)cc1. The summed E-state index contributed by atoms with van der Waals surface area (Å²) in [6, 6.07) is 3.56. The number of anilines is 1. The molecule has 0 fully saturated rings. The normalized spacial score (nSPS) is 11.7. The highest BCUT2D eigenvalue weighted by Crippen LogP contribution is 2.13. The monoisotopic (exact) mass is 591 g/mol. The van der Waals surface area contributed by atoms with Gasteiger partial charge < -0.3 is 42.2 Å². The Kier molecular flexibility index (Phi) is 15.9. The van der Waals surface area contributed by atoms with Crippen molar-refractivity contribution in [2.45, 2.75) is 51.8 Å². The van der Waals surface area contributed by atoms with Crippen LogP contribution in [0.15, 0.2) is 24.3 Å². The molecule has 9 N–H and O–H groups in total. The van der Waals surface area contributed by atoms with Crippen LogP contribution in [0.5, 0.6) is 0 Å². The summed E-state index contributed by atoms with van der Waals surface area (Å²) in [6.45, 7) is 3.13. The molecule has 0 aliphatic carbocycles. The molecule has 1 aromatic carbocycles. The molecule has 42 heavy (non-hydrogen) atoms. The zero-order chi connectivity index (χ0) is 31.5. The number of nitrogens with one attached hydrogen (secondary N) is 6. The summed E-state index contributed by atoms with van der Waals surface area (Å²) in [4.78, 5) is 76.0. The molecule has 0 unspecified atom stereocenters. The number of nitrogens with two attached hydrogens (primary N) is 1. The van der Waals surface area contributed by atoms with Gasteiger partial charge in [0.2, 0.25) is 17.7 Å². The number of primary amides is 1. The Morgan fingerprint density at radius 3 is 2.29 bits per heavy atom. The molecule has 1 rings (SSSR count). The zero-order valence-corrected chi connectivity index (χ0v) is 23.4. The summed E-state index contributed by atoms with van der Waals surface area (Å²) in [7, 11) is 0. The number of alkyl carbamates (subject to hydrolysis) is 1. The number of hydroxylamine groups is 1. The summed E-state index contributed by atoms with van der Waals surface area (Å²) in [5, 5.41) is 21.1. The molecule has 0 saturated heterocycles. The van der Waals surface area contributed by atoms with Crippen molar-refractivity contribution in [2.24, 2.45) is 11.7 Å². The lowest BCUT2D eigenvalue weighted by Gasteiger charge is -2.24. The molecule has 0 radical (unpaired) electrons. The summed E-state index contributed by atoms with van der Waals surface area (Å²) < 4.78 is 5.03. The molecule has 230 valence electrons. The Labute approximate surface area is 242 Å². The van der Waals surface area contributed by atoms with Crippen molar-refractivity contribution in [3.8, 4) is 12.3 Å². The highest BCUT2D eigenvalue weighted by atomic mass is 16.7. The fourth-order valence-corrected chi connectivity index (χ4v) is 3.40. The third-order valence-electron chi connectivity index (χ3n) is 5.25. The number of carbonyl (C=O) groups is 6. The van der Waals surface area contributed by atoms with Crippen molar-refractivity contribution in [2.75, 3.05) is 25.0 Å². The molecular weight excluding hydrogens is 554 g/mol. The van der Waals surface area contributed by atoms with Crippen LogP contribution in [0.2, 0.25) is 0 Å². The summed E-state index contributed by atoms with van der Waals surface area (Å²) in [5.74, 6) is 0.248. The molecule has 0 aliphatic heterocycles. The molecule has 2 atom stereocenters. The number of carboxylic acid groups (broad SMARTS) is 1. The average Bonchev–Trinajstić information content (AvgIpc) is 2.92. The lowest BCUT2D eigenvalue weighted by Crippen LogP contribution is -2.53. The number of benzene rings is 1. The van der Waals surface area contributed by atoms with E-state index in [4.69, 9.17) is 22.0 Å². The minimum atomic E-state index is -1.49. The maximum absolute atomic E-state index is 13.1. The first-order valence-corrected chi connectivity index (χ1v) is 12.9. The second kappa shape index (κ2) is 19.1. The van der Waals surface area contributed by atoms with E-state index in [1.807, 2.05) is 13.8 Å². The van der Waals surface area contributed by atoms with Crippen molar-refractivity contribution in [1.82, 2.24) is 26.7 Å². The van der Waals surface area contributed by atoms with Gasteiger partial charge >= 0.3 is 18.2 Å². The summed E-state index contributed by atoms with van der Waals surface area (Å²) >= 11 is 0. The van der Waals surface area contributed by atoms with Gasteiger partial charge in [-0.2, -0.15) is 5.48 Å². The first-order valence-electron chi connectivity index (χ1n) is 12.9. The zero-order valence-electron chi connectivity index (χ0n) is 23.4. The number of terminal acetylenes is 1. The van der Waals surface area contributed by atoms with E-state index in [0.717, 1.165) is 0 Å². The predicted molar refractivity (Wildman–Crippen MR) is 149 cm³/mol. The number of hydrogen-bond acceptors (Lipinski definition) is 8. The van der Waals surface area contributed by atoms with Crippen LogP contribution in [-0.2, 0) is 30.6 Å². The largest absolute Gasteiger partial charge is 0.464 e. The molecule has 0 spiro atoms. The van der Waals surface area contributed by atoms with Gasteiger partial charge in [-0.05, 0) is 42.9 Å². The quantitative estimate of drug-likeness (QED) is 0.0697. The van der Waals surface area contributed by atoms with E-state index in [0.29, 0.717) is 11.3 Å². The smallest absolute Gasteiger partial charge is 0.428 e. The van der Waals surface area contributed by atoms with E-state index in [-0.39, 0.29) is 44.9 Å². The lowest BCUT2D eigenvalue weighted by molar-refractivity contribution is -0.134. The summed E-state index contributed by atoms with van der Waals surface area (Å²) in [6.07, 6.45) is 3.52. The van der Waals surface area contributed by atoms with Crippen LogP contribution >= 0.6 is 0 Å². The van der Waals surface area contributed by atoms with E-state index >= 15 is 0 Å². The van der Waals surface area contributed by atoms with Crippen molar-refractivity contribution < 1.29 is 43.4 Å². The van der Waals surface area contributed by atoms with Crippen molar-refractivity contribution >= 4 is 41.6 Å². The fourth-order valence-electron chi connectivity index (χ4n) is 3.40. The van der Waals surface area contributed by atoms with Gasteiger partial charge in [0, 0.05) is 12.2 Å². The standard InChI is InChI=1S/C26H37N7O9/c1-4-11-29-26(40)41-14-17-7-9-18(10-8-17)30-22(35)19(6-5-12-28-24(27)37)32-23(36)20(13-16(2)3)31-21(34)15-42-33-25(38)39/h1,7-10,16,19-20,33H,5-6,11-15H2,2-3H3,(H,29,40)(H,30,35)(H,31,34)(H,32,36)(H,38,39)(H3,27,28,37)/t19-,20-/m0/s1. The Balaban J connectivity index is 2.90. The van der Waals surface area contributed by atoms with E-state index in [1.54, 1.807) is 29.7 Å². The number of rotatable bonds is 17. The van der Waals surface area contributed by atoms with Gasteiger partial charge in [-0.3, -0.25) is 19.2 Å². The second-order valence-corrected chi connectivity index (χ2v) is 9.26. The Bertz CT molecular complexity index is 1120. The maximum atomic E-state index is 13.1. The Morgan fingerprint density at radius 1 is 1.00 bits per heavy atom. The highest BCUT2D eigenvalue weighted by Gasteiger charge is 2.27. The molecule has 1 aromatic rings. The molecule has 0 heterocycles. The molecule has 16 nitrogen and oxygen atoms in total. The van der Waals surface area contributed by atoms with Gasteiger partial charge in [0.25, 0.3) is 0 Å². The van der Waals surface area contributed by atoms with Crippen LogP contribution in [0.3, 0.4) is 0 Å². The van der Waals surface area contributed by atoms with Crippen molar-refractivity contribution in [3.05, 3.63) is 29.8 Å². The molecule has 0 aliphatic rings. The average molecular weight is 592 g/mol. The summed E-state index contributed by atoms with van der Waals surface area (Å²) in [5.41, 5.74) is 7.70. The van der Waals surface area contributed by atoms with Gasteiger partial charge in [-0.1, -0.05) is 31.9 Å². The number of ether oxygens (including phenoxy) is 1. The van der Waals surface area contributed by atoms with Gasteiger partial charge in [0.05, 0.1) is 6.54 Å². The third kappa shape index (κ3) is 15.5. The van der Waals surface area contributed by atoms with E-state index in [1.165, 1.54) is 0 Å². The van der Waals surface area contributed by atoms with Crippen LogP contribution < -0.4 is 37.8 Å². The lowest BCUT2D eigenvalue weighted by atomic mass is 10.0. The van der Waals surface area contributed by atoms with E-state index in [2.05, 4.69) is 37.3 Å². The molecule has 0 saturated carbocycles. The fraction of sp³-hybridized carbons (Fsp3) is 0.462. The van der Waals surface area contributed by atoms with E-state index < -0.39 is 54.6 Å². The second-order valence-electron chi connectivity index (χ2n) is 9.26. The van der Waals surface area contributed by atoms with Gasteiger partial charge in [-0.25, -0.2) is 14.4 Å². The minimum Gasteiger partial charge on any atom is -0.464 e. The minimum absolute atomic E-state index is 0.0305. The number of carbonyl (C=O) groups excluding carboxylic acids is 5. The van der Waals surface area contributed by atoms with Crippen LogP contribution in [-0.4, -0.2) is 72.8 Å². The molecule has 0 aromatic heterocycles. The Morgan fingerprint density at radius 2 is 1.69 bits per heavy atom. The molecular formula is C26H37N7O9.